The van der Waals surface area contributed by atoms with Gasteiger partial charge in [0.15, 0.2) is 0 Å². The quantitative estimate of drug-likeness (QED) is 0.695. The summed E-state index contributed by atoms with van der Waals surface area (Å²) in [6, 6.07) is 6.25. The molecule has 2 atom stereocenters. The van der Waals surface area contributed by atoms with Crippen LogP contribution in [-0.4, -0.2) is 34.5 Å². The molecule has 0 aromatic heterocycles. The van der Waals surface area contributed by atoms with Crippen LogP contribution in [-0.2, 0) is 11.2 Å². The third-order valence-corrected chi connectivity index (χ3v) is 2.66. The molecule has 0 aliphatic rings. The highest BCUT2D eigenvalue weighted by molar-refractivity contribution is 5.71. The van der Waals surface area contributed by atoms with Gasteiger partial charge in [-0.25, -0.2) is 0 Å². The number of hydrogen-bond acceptors (Lipinski definition) is 5. The van der Waals surface area contributed by atoms with Gasteiger partial charge in [0.2, 0.25) is 0 Å². The van der Waals surface area contributed by atoms with Crippen molar-refractivity contribution in [3.63, 3.8) is 0 Å². The van der Waals surface area contributed by atoms with Gasteiger partial charge in [0.1, 0.15) is 11.9 Å². The van der Waals surface area contributed by atoms with Gasteiger partial charge < -0.3 is 20.1 Å². The van der Waals surface area contributed by atoms with Crippen LogP contribution < -0.4 is 4.74 Å². The molecule has 0 spiro atoms. The predicted octanol–water partition coefficient (Wildman–Crippen LogP) is 0.630. The minimum Gasteiger partial charge on any atom is -0.496 e. The fourth-order valence-electron chi connectivity index (χ4n) is 1.68. The Balaban J connectivity index is 2.99. The van der Waals surface area contributed by atoms with E-state index < -0.39 is 18.2 Å². The zero-order valence-corrected chi connectivity index (χ0v) is 10.4. The number of carbonyl (C=O) groups is 1. The van der Waals surface area contributed by atoms with Crippen LogP contribution in [0.25, 0.3) is 0 Å². The van der Waals surface area contributed by atoms with E-state index in [1.807, 2.05) is 0 Å². The maximum Gasteiger partial charge on any atom is 0.307 e. The lowest BCUT2D eigenvalue weighted by Gasteiger charge is -2.17. The molecule has 2 unspecified atom stereocenters. The minimum absolute atomic E-state index is 0.194. The Labute approximate surface area is 110 Å². The lowest BCUT2D eigenvalue weighted by molar-refractivity contribution is -0.136. The third-order valence-electron chi connectivity index (χ3n) is 2.66. The second-order valence-electron chi connectivity index (χ2n) is 4.02. The van der Waals surface area contributed by atoms with E-state index in [2.05, 4.69) is 0 Å². The van der Waals surface area contributed by atoms with Gasteiger partial charge in [-0.1, -0.05) is 12.1 Å². The maximum absolute atomic E-state index is 10.7. The number of hydrogen-bond donors (Lipinski definition) is 3. The number of methoxy groups -OCH3 is 1. The van der Waals surface area contributed by atoms with Crippen LogP contribution >= 0.6 is 0 Å². The third kappa shape index (κ3) is 3.95. The van der Waals surface area contributed by atoms with Crippen LogP contribution in [0, 0.1) is 11.3 Å². The predicted molar refractivity (Wildman–Crippen MR) is 65.5 cm³/mol. The summed E-state index contributed by atoms with van der Waals surface area (Å²) in [7, 11) is 1.39. The molecule has 0 aliphatic heterocycles. The number of aliphatic hydroxyl groups excluding tert-OH is 2. The van der Waals surface area contributed by atoms with Crippen LogP contribution in [0.1, 0.15) is 23.7 Å². The number of nitrogens with zero attached hydrogens (tertiary/aromatic N) is 1. The molecular formula is C13H15NO5. The topological polar surface area (TPSA) is 111 Å². The van der Waals surface area contributed by atoms with Gasteiger partial charge in [-0.05, 0) is 11.6 Å². The molecule has 3 N–H and O–H groups in total. The van der Waals surface area contributed by atoms with Crippen LogP contribution in [0.2, 0.25) is 0 Å². The average Bonchev–Trinajstić information content (AvgIpc) is 2.38. The van der Waals surface area contributed by atoms with Crippen molar-refractivity contribution < 1.29 is 24.9 Å². The van der Waals surface area contributed by atoms with Crippen molar-refractivity contribution in [3.05, 3.63) is 29.3 Å². The van der Waals surface area contributed by atoms with Crippen LogP contribution in [0.5, 0.6) is 5.75 Å². The van der Waals surface area contributed by atoms with E-state index >= 15 is 0 Å². The molecule has 0 amide bonds. The van der Waals surface area contributed by atoms with Crippen LogP contribution in [0.4, 0.5) is 0 Å². The molecule has 1 aromatic rings. The second kappa shape index (κ2) is 6.73. The summed E-state index contributed by atoms with van der Waals surface area (Å²) < 4.78 is 5.06. The van der Waals surface area contributed by atoms with E-state index in [0.717, 1.165) is 0 Å². The fraction of sp³-hybridized carbons (Fsp3) is 0.385. The lowest BCUT2D eigenvalue weighted by atomic mass is 9.99. The SMILES string of the molecule is COc1cc(C(O)C(O)CC#N)ccc1CC(=O)O. The smallest absolute Gasteiger partial charge is 0.307 e. The van der Waals surface area contributed by atoms with Crippen molar-refractivity contribution in [1.29, 1.82) is 5.26 Å². The summed E-state index contributed by atoms with van der Waals surface area (Å²) in [5, 5.41) is 36.6. The van der Waals surface area contributed by atoms with E-state index in [1.54, 1.807) is 6.07 Å². The van der Waals surface area contributed by atoms with Crippen molar-refractivity contribution >= 4 is 5.97 Å². The van der Waals surface area contributed by atoms with Crippen molar-refractivity contribution in [1.82, 2.24) is 0 Å². The largest absolute Gasteiger partial charge is 0.496 e. The Morgan fingerprint density at radius 2 is 2.16 bits per heavy atom. The Bertz CT molecular complexity index is 494. The summed E-state index contributed by atoms with van der Waals surface area (Å²) in [4.78, 5) is 10.7. The molecule has 0 aliphatic carbocycles. The summed E-state index contributed by atoms with van der Waals surface area (Å²) >= 11 is 0. The van der Waals surface area contributed by atoms with Crippen LogP contribution in [0.3, 0.4) is 0 Å². The maximum atomic E-state index is 10.7. The molecule has 19 heavy (non-hydrogen) atoms. The number of aliphatic hydroxyl groups is 2. The normalized spacial score (nSPS) is 13.4. The average molecular weight is 265 g/mol. The van der Waals surface area contributed by atoms with Crippen molar-refractivity contribution in [3.8, 4) is 11.8 Å². The van der Waals surface area contributed by atoms with Gasteiger partial charge in [0.05, 0.1) is 32.1 Å². The standard InChI is InChI=1S/C13H15NO5/c1-19-11-6-9(13(18)10(15)4-5-14)3-2-8(11)7-12(16)17/h2-3,6,10,13,15,18H,4,7H2,1H3,(H,16,17). The first-order chi connectivity index (χ1) is 8.99. The van der Waals surface area contributed by atoms with Gasteiger partial charge in [-0.2, -0.15) is 5.26 Å². The number of rotatable bonds is 6. The number of ether oxygens (including phenoxy) is 1. The molecule has 1 aromatic carbocycles. The van der Waals surface area contributed by atoms with Crippen molar-refractivity contribution in [2.45, 2.75) is 25.0 Å². The Kier molecular flexibility index (Phi) is 5.30. The van der Waals surface area contributed by atoms with E-state index in [1.165, 1.54) is 25.3 Å². The van der Waals surface area contributed by atoms with Crippen molar-refractivity contribution in [2.75, 3.05) is 7.11 Å². The fourth-order valence-corrected chi connectivity index (χ4v) is 1.68. The van der Waals surface area contributed by atoms with E-state index in [-0.39, 0.29) is 12.8 Å². The minimum atomic E-state index is -1.22. The first-order valence-electron chi connectivity index (χ1n) is 5.61. The molecule has 0 saturated carbocycles. The zero-order chi connectivity index (χ0) is 14.4. The monoisotopic (exact) mass is 265 g/mol. The summed E-state index contributed by atoms with van der Waals surface area (Å²) in [5.41, 5.74) is 0.842. The van der Waals surface area contributed by atoms with Gasteiger partial charge in [-0.3, -0.25) is 4.79 Å². The summed E-state index contributed by atoms with van der Waals surface area (Å²) in [6.45, 7) is 0. The van der Waals surface area contributed by atoms with E-state index in [4.69, 9.17) is 15.1 Å². The molecule has 0 saturated heterocycles. The zero-order valence-electron chi connectivity index (χ0n) is 10.4. The molecule has 0 radical (unpaired) electrons. The van der Waals surface area contributed by atoms with E-state index in [9.17, 15) is 15.0 Å². The number of carboxylic acids is 1. The molecular weight excluding hydrogens is 250 g/mol. The molecule has 0 heterocycles. The Morgan fingerprint density at radius 3 is 2.68 bits per heavy atom. The number of aliphatic carboxylic acids is 1. The number of carboxylic acid groups (broad SMARTS) is 1. The highest BCUT2D eigenvalue weighted by atomic mass is 16.5. The molecule has 0 fully saturated rings. The van der Waals surface area contributed by atoms with Crippen LogP contribution in [0.15, 0.2) is 18.2 Å². The number of nitriles is 1. The first kappa shape index (κ1) is 15.0. The summed E-state index contributed by atoms with van der Waals surface area (Å²) in [6.07, 6.45) is -2.80. The highest BCUT2D eigenvalue weighted by Crippen LogP contribution is 2.26. The van der Waals surface area contributed by atoms with E-state index in [0.29, 0.717) is 16.9 Å². The Hall–Kier alpha value is -2.10. The molecule has 0 bridgehead atoms. The summed E-state index contributed by atoms with van der Waals surface area (Å²) in [5.74, 6) is -0.667. The van der Waals surface area contributed by atoms with Gasteiger partial charge in [-0.15, -0.1) is 0 Å². The van der Waals surface area contributed by atoms with Gasteiger partial charge in [0.25, 0.3) is 0 Å². The molecule has 6 nitrogen and oxygen atoms in total. The molecule has 102 valence electrons. The van der Waals surface area contributed by atoms with Gasteiger partial charge in [0, 0.05) is 5.56 Å². The van der Waals surface area contributed by atoms with Crippen molar-refractivity contribution in [2.24, 2.45) is 0 Å². The number of benzene rings is 1. The lowest BCUT2D eigenvalue weighted by Crippen LogP contribution is -2.17. The first-order valence-corrected chi connectivity index (χ1v) is 5.61. The Morgan fingerprint density at radius 1 is 1.47 bits per heavy atom. The second-order valence-corrected chi connectivity index (χ2v) is 4.02. The molecule has 1 rings (SSSR count). The van der Waals surface area contributed by atoms with Gasteiger partial charge >= 0.3 is 5.97 Å². The highest BCUT2D eigenvalue weighted by Gasteiger charge is 2.19. The molecule has 6 heteroatoms.